The third kappa shape index (κ3) is 4.05. The molecule has 0 fully saturated rings. The Morgan fingerprint density at radius 2 is 1.92 bits per heavy atom. The normalized spacial score (nSPS) is 11.4. The Morgan fingerprint density at radius 1 is 1.03 bits per heavy atom. The van der Waals surface area contributed by atoms with Crippen LogP contribution >= 0.6 is 11.3 Å². The van der Waals surface area contributed by atoms with Gasteiger partial charge in [-0.05, 0) is 60.9 Å². The molecule has 4 heterocycles. The number of fused-ring (bicyclic) bond motifs is 2. The molecule has 0 unspecified atom stereocenters. The van der Waals surface area contributed by atoms with Gasteiger partial charge in [-0.1, -0.05) is 25.1 Å². The number of amides is 1. The second-order valence-electron chi connectivity index (χ2n) is 8.79. The molecule has 6 aromatic rings. The number of thiophene rings is 1. The van der Waals surface area contributed by atoms with Crippen molar-refractivity contribution in [1.29, 1.82) is 0 Å². The summed E-state index contributed by atoms with van der Waals surface area (Å²) in [6.07, 6.45) is 4.99. The number of hydrogen-bond donors (Lipinski definition) is 3. The van der Waals surface area contributed by atoms with Gasteiger partial charge in [-0.25, -0.2) is 4.98 Å². The number of hydrogen-bond acceptors (Lipinski definition) is 5. The van der Waals surface area contributed by atoms with Gasteiger partial charge in [-0.3, -0.25) is 14.9 Å². The number of carbonyl (C=O) groups excluding carboxylic acids is 1. The van der Waals surface area contributed by atoms with E-state index in [0.717, 1.165) is 61.3 Å². The smallest absolute Gasteiger partial charge is 0.224 e. The van der Waals surface area contributed by atoms with Crippen molar-refractivity contribution in [3.63, 3.8) is 0 Å². The summed E-state index contributed by atoms with van der Waals surface area (Å²) >= 11 is 1.73. The van der Waals surface area contributed by atoms with Crippen LogP contribution in [0.5, 0.6) is 0 Å². The topological polar surface area (TPSA) is 99.3 Å². The monoisotopic (exact) mass is 492 g/mol. The fourth-order valence-electron chi connectivity index (χ4n) is 4.41. The maximum Gasteiger partial charge on any atom is 0.224 e. The molecule has 6 rings (SSSR count). The van der Waals surface area contributed by atoms with E-state index in [-0.39, 0.29) is 5.91 Å². The maximum atomic E-state index is 12.1. The maximum absolute atomic E-state index is 12.1. The van der Waals surface area contributed by atoms with E-state index in [0.29, 0.717) is 12.2 Å². The highest BCUT2D eigenvalue weighted by atomic mass is 32.1. The molecular weight excluding hydrogens is 468 g/mol. The first-order chi connectivity index (χ1) is 17.6. The first kappa shape index (κ1) is 22.2. The molecule has 0 saturated carbocycles. The molecular formula is C28H24N6OS. The molecule has 4 aromatic heterocycles. The molecule has 178 valence electrons. The number of nitrogens with zero attached hydrogens (tertiary/aromatic N) is 3. The highest BCUT2D eigenvalue weighted by Crippen LogP contribution is 2.35. The molecule has 8 heteroatoms. The standard InChI is InChI=1S/C28H24N6OS/c1-3-5-25(35)30-19-7-4-6-17(12-19)18-9-10-22-20(13-18)27(34-33-22)28-31-23-15-29-14-21(26(23)32-28)24-11-8-16(2)36-24/h4,6-15H,3,5H2,1-2H3,(H,30,35)(H,31,32)(H,33,34). The average molecular weight is 493 g/mol. The molecule has 0 saturated heterocycles. The van der Waals surface area contributed by atoms with Gasteiger partial charge in [-0.15, -0.1) is 11.3 Å². The zero-order chi connectivity index (χ0) is 24.6. The van der Waals surface area contributed by atoms with E-state index < -0.39 is 0 Å². The van der Waals surface area contributed by atoms with Crippen molar-refractivity contribution in [1.82, 2.24) is 25.1 Å². The van der Waals surface area contributed by atoms with Gasteiger partial charge in [0.1, 0.15) is 11.2 Å². The van der Waals surface area contributed by atoms with E-state index in [4.69, 9.17) is 4.98 Å². The van der Waals surface area contributed by atoms with Crippen LogP contribution in [0, 0.1) is 6.92 Å². The number of pyridine rings is 1. The Labute approximate surface area is 211 Å². The van der Waals surface area contributed by atoms with Crippen LogP contribution in [-0.4, -0.2) is 31.1 Å². The molecule has 0 bridgehead atoms. The van der Waals surface area contributed by atoms with Crippen molar-refractivity contribution in [2.45, 2.75) is 26.7 Å². The molecule has 0 aliphatic rings. The second-order valence-corrected chi connectivity index (χ2v) is 10.1. The zero-order valence-electron chi connectivity index (χ0n) is 19.9. The molecule has 1 amide bonds. The second kappa shape index (κ2) is 9.05. The van der Waals surface area contributed by atoms with Gasteiger partial charge in [0.25, 0.3) is 0 Å². The fraction of sp³-hybridized carbons (Fsp3) is 0.143. The van der Waals surface area contributed by atoms with Crippen molar-refractivity contribution in [3.8, 4) is 33.1 Å². The Bertz CT molecular complexity index is 1730. The predicted octanol–water partition coefficient (Wildman–Crippen LogP) is 6.94. The molecule has 3 N–H and O–H groups in total. The summed E-state index contributed by atoms with van der Waals surface area (Å²) < 4.78 is 0. The number of rotatable bonds is 6. The minimum absolute atomic E-state index is 0.0266. The van der Waals surface area contributed by atoms with Crippen LogP contribution in [0.2, 0.25) is 0 Å². The Hall–Kier alpha value is -4.30. The minimum Gasteiger partial charge on any atom is -0.335 e. The summed E-state index contributed by atoms with van der Waals surface area (Å²) in [5.74, 6) is 0.718. The van der Waals surface area contributed by atoms with Crippen molar-refractivity contribution >= 4 is 44.9 Å². The molecule has 0 aliphatic carbocycles. The number of benzene rings is 2. The third-order valence-electron chi connectivity index (χ3n) is 6.14. The van der Waals surface area contributed by atoms with Crippen LogP contribution in [0.15, 0.2) is 67.0 Å². The Morgan fingerprint density at radius 3 is 2.75 bits per heavy atom. The Balaban J connectivity index is 1.40. The van der Waals surface area contributed by atoms with Gasteiger partial charge < -0.3 is 10.3 Å². The summed E-state index contributed by atoms with van der Waals surface area (Å²) in [5.41, 5.74) is 7.28. The van der Waals surface area contributed by atoms with Gasteiger partial charge in [0, 0.05) is 39.0 Å². The zero-order valence-corrected chi connectivity index (χ0v) is 20.7. The minimum atomic E-state index is 0.0266. The average Bonchev–Trinajstić information content (AvgIpc) is 3.61. The van der Waals surface area contributed by atoms with Crippen LogP contribution in [0.3, 0.4) is 0 Å². The molecule has 0 radical (unpaired) electrons. The van der Waals surface area contributed by atoms with E-state index in [1.54, 1.807) is 17.5 Å². The fourth-order valence-corrected chi connectivity index (χ4v) is 5.28. The summed E-state index contributed by atoms with van der Waals surface area (Å²) in [7, 11) is 0. The first-order valence-corrected chi connectivity index (χ1v) is 12.7. The van der Waals surface area contributed by atoms with E-state index >= 15 is 0 Å². The van der Waals surface area contributed by atoms with Gasteiger partial charge in [-0.2, -0.15) is 5.10 Å². The van der Waals surface area contributed by atoms with Crippen LogP contribution in [0.4, 0.5) is 5.69 Å². The molecule has 0 atom stereocenters. The van der Waals surface area contributed by atoms with Crippen molar-refractivity contribution in [2.24, 2.45) is 0 Å². The van der Waals surface area contributed by atoms with E-state index in [1.807, 2.05) is 43.5 Å². The lowest BCUT2D eigenvalue weighted by Crippen LogP contribution is -2.10. The van der Waals surface area contributed by atoms with Crippen molar-refractivity contribution in [3.05, 3.63) is 71.9 Å². The van der Waals surface area contributed by atoms with Crippen LogP contribution in [0.25, 0.3) is 55.0 Å². The van der Waals surface area contributed by atoms with Crippen LogP contribution < -0.4 is 5.32 Å². The van der Waals surface area contributed by atoms with Gasteiger partial charge in [0.2, 0.25) is 5.91 Å². The predicted molar refractivity (Wildman–Crippen MR) is 146 cm³/mol. The lowest BCUT2D eigenvalue weighted by Gasteiger charge is -2.08. The van der Waals surface area contributed by atoms with E-state index in [1.165, 1.54) is 4.88 Å². The molecule has 36 heavy (non-hydrogen) atoms. The number of nitrogens with one attached hydrogen (secondary N) is 3. The molecule has 2 aromatic carbocycles. The van der Waals surface area contributed by atoms with E-state index in [9.17, 15) is 4.79 Å². The number of aryl methyl sites for hydroxylation is 1. The van der Waals surface area contributed by atoms with Crippen molar-refractivity contribution in [2.75, 3.05) is 5.32 Å². The summed E-state index contributed by atoms with van der Waals surface area (Å²) in [5, 5.41) is 11.7. The van der Waals surface area contributed by atoms with Gasteiger partial charge in [0.05, 0.1) is 17.2 Å². The highest BCUT2D eigenvalue weighted by molar-refractivity contribution is 7.15. The summed E-state index contributed by atoms with van der Waals surface area (Å²) in [6, 6.07) is 18.3. The number of aromatic nitrogens is 5. The lowest BCUT2D eigenvalue weighted by molar-refractivity contribution is -0.116. The SMILES string of the molecule is CCCC(=O)Nc1cccc(-c2ccc3[nH]nc(-c4nc5c(-c6ccc(C)s6)cncc5[nH]4)c3c2)c1. The highest BCUT2D eigenvalue weighted by Gasteiger charge is 2.17. The Kier molecular flexibility index (Phi) is 5.58. The number of H-pyrrole nitrogens is 2. The largest absolute Gasteiger partial charge is 0.335 e. The van der Waals surface area contributed by atoms with Gasteiger partial charge in [0.15, 0.2) is 5.82 Å². The quantitative estimate of drug-likeness (QED) is 0.234. The molecule has 7 nitrogen and oxygen atoms in total. The lowest BCUT2D eigenvalue weighted by atomic mass is 10.0. The van der Waals surface area contributed by atoms with E-state index in [2.05, 4.69) is 56.7 Å². The molecule has 0 aliphatic heterocycles. The summed E-state index contributed by atoms with van der Waals surface area (Å²) in [4.78, 5) is 27.2. The van der Waals surface area contributed by atoms with Gasteiger partial charge >= 0.3 is 0 Å². The number of aromatic amines is 2. The number of carbonyl (C=O) groups is 1. The first-order valence-electron chi connectivity index (χ1n) is 11.9. The van der Waals surface area contributed by atoms with Crippen LogP contribution in [-0.2, 0) is 4.79 Å². The van der Waals surface area contributed by atoms with Crippen molar-refractivity contribution < 1.29 is 4.79 Å². The molecule has 0 spiro atoms. The third-order valence-corrected chi connectivity index (χ3v) is 7.18. The number of imidazole rings is 1. The summed E-state index contributed by atoms with van der Waals surface area (Å²) in [6.45, 7) is 4.09. The van der Waals surface area contributed by atoms with Crippen LogP contribution in [0.1, 0.15) is 24.6 Å². The number of anilines is 1.